The largest absolute Gasteiger partial charge is 0 e. The molecular formula is C49H50GeIrN4O-2. The van der Waals surface area contributed by atoms with Crippen molar-refractivity contribution < 1.29 is 24.5 Å². The fourth-order valence-electron chi connectivity index (χ4n) is 8.01. The summed E-state index contributed by atoms with van der Waals surface area (Å²) in [6, 6.07) is 42.3. The minimum atomic E-state index is -1.87. The van der Waals surface area contributed by atoms with Gasteiger partial charge >= 0.3 is 137 Å². The van der Waals surface area contributed by atoms with E-state index in [4.69, 9.17) is 14.4 Å². The predicted octanol–water partition coefficient (Wildman–Crippen LogP) is 12.2. The van der Waals surface area contributed by atoms with Crippen LogP contribution in [0.1, 0.15) is 63.3 Å². The standard InChI is InChI=1S/C29H24N3O.C20H26GeN.Ir/c1-18-12-17-22-21-8-7-9-23(26(21)33-28(22)30-18)27-31-24-10-5-6-11-25(24)32(27)20-15-13-19(14-16-20)29(2,3)4;1-21(2,3)19-15-22-20(17-11-5-4-6-12-17)14-18(19)13-16-9-7-8-10-16;/h5-8,10-17H,1-4H3;4-6,11,14-16H,7-10,13H2,1-3H3;/q2*-1;. The Hall–Kier alpha value is -4.36. The summed E-state index contributed by atoms with van der Waals surface area (Å²) < 4.78 is 10.1. The van der Waals surface area contributed by atoms with Crippen LogP contribution in [0.3, 0.4) is 0 Å². The van der Waals surface area contributed by atoms with Gasteiger partial charge in [-0.1, -0.05) is 56.0 Å². The maximum Gasteiger partial charge on any atom is 0 e. The van der Waals surface area contributed by atoms with Crippen molar-refractivity contribution in [2.45, 2.75) is 82.5 Å². The van der Waals surface area contributed by atoms with Crippen LogP contribution in [0.2, 0.25) is 17.3 Å². The Labute approximate surface area is 347 Å². The summed E-state index contributed by atoms with van der Waals surface area (Å²) in [5.74, 6) is 9.12. The normalized spacial score (nSPS) is 13.6. The Balaban J connectivity index is 0.000000183. The second-order valence-electron chi connectivity index (χ2n) is 17.2. The molecule has 0 unspecified atom stereocenters. The van der Waals surface area contributed by atoms with Gasteiger partial charge in [-0.25, -0.2) is 4.98 Å². The van der Waals surface area contributed by atoms with E-state index in [0.717, 1.165) is 67.3 Å². The van der Waals surface area contributed by atoms with Crippen molar-refractivity contribution in [1.29, 1.82) is 0 Å². The smallest absolute Gasteiger partial charge is 0 e. The van der Waals surface area contributed by atoms with Gasteiger partial charge in [0.1, 0.15) is 0 Å². The molecule has 1 aliphatic rings. The first-order chi connectivity index (χ1) is 26.4. The Morgan fingerprint density at radius 2 is 1.57 bits per heavy atom. The number of hydrogen-bond donors (Lipinski definition) is 0. The number of aryl methyl sites for hydroxylation is 1. The zero-order valence-corrected chi connectivity index (χ0v) is 38.0. The molecule has 1 aliphatic carbocycles. The maximum absolute atomic E-state index is 6.27. The van der Waals surface area contributed by atoms with E-state index in [0.29, 0.717) is 5.71 Å². The second kappa shape index (κ2) is 16.2. The minimum Gasteiger partial charge on any atom is 0 e. The third-order valence-corrected chi connectivity index (χ3v) is 15.3. The van der Waals surface area contributed by atoms with E-state index < -0.39 is 13.3 Å². The van der Waals surface area contributed by atoms with Gasteiger partial charge in [-0.15, -0.1) is 18.2 Å². The van der Waals surface area contributed by atoms with Gasteiger partial charge in [-0.05, 0) is 54.3 Å². The van der Waals surface area contributed by atoms with E-state index in [1.807, 2.05) is 55.5 Å². The molecule has 4 heterocycles. The molecule has 5 nitrogen and oxygen atoms in total. The average Bonchev–Trinajstić information content (AvgIpc) is 3.92. The van der Waals surface area contributed by atoms with Gasteiger partial charge in [-0.2, -0.15) is 0 Å². The van der Waals surface area contributed by atoms with Gasteiger partial charge in [0, 0.05) is 36.9 Å². The Morgan fingerprint density at radius 1 is 0.821 bits per heavy atom. The Kier molecular flexibility index (Phi) is 11.6. The Bertz CT molecular complexity index is 2610. The zero-order chi connectivity index (χ0) is 38.3. The second-order valence-corrected chi connectivity index (χ2v) is 27.7. The van der Waals surface area contributed by atoms with Gasteiger partial charge in [0.2, 0.25) is 5.71 Å². The van der Waals surface area contributed by atoms with Crippen molar-refractivity contribution in [2.24, 2.45) is 5.92 Å². The molecule has 0 bridgehead atoms. The molecule has 0 aliphatic heterocycles. The number of pyridine rings is 2. The third kappa shape index (κ3) is 8.21. The molecule has 9 rings (SSSR count). The van der Waals surface area contributed by atoms with E-state index in [1.165, 1.54) is 37.7 Å². The molecule has 7 heteroatoms. The average molecular weight is 976 g/mol. The number of fused-ring (bicyclic) bond motifs is 4. The van der Waals surface area contributed by atoms with Crippen LogP contribution in [-0.4, -0.2) is 32.8 Å². The summed E-state index contributed by atoms with van der Waals surface area (Å²) in [6.07, 6.45) is 9.08. The van der Waals surface area contributed by atoms with E-state index in [-0.39, 0.29) is 25.5 Å². The molecule has 56 heavy (non-hydrogen) atoms. The third-order valence-electron chi connectivity index (χ3n) is 11.0. The number of hydrogen-bond acceptors (Lipinski definition) is 4. The van der Waals surface area contributed by atoms with Crippen LogP contribution < -0.4 is 4.40 Å². The van der Waals surface area contributed by atoms with Crippen LogP contribution in [0, 0.1) is 25.0 Å². The maximum atomic E-state index is 6.27. The molecule has 0 saturated heterocycles. The van der Waals surface area contributed by atoms with Crippen LogP contribution >= 0.6 is 0 Å². The van der Waals surface area contributed by atoms with Crippen LogP contribution in [0.15, 0.2) is 114 Å². The molecule has 0 atom stereocenters. The monoisotopic (exact) mass is 977 g/mol. The van der Waals surface area contributed by atoms with E-state index in [1.54, 1.807) is 9.96 Å². The van der Waals surface area contributed by atoms with E-state index in [2.05, 4.69) is 121 Å². The fourth-order valence-corrected chi connectivity index (χ4v) is 11.3. The van der Waals surface area contributed by atoms with Crippen molar-refractivity contribution in [2.75, 3.05) is 0 Å². The summed E-state index contributed by atoms with van der Waals surface area (Å²) in [5.41, 5.74) is 11.4. The first kappa shape index (κ1) is 39.9. The quantitative estimate of drug-likeness (QED) is 0.123. The summed E-state index contributed by atoms with van der Waals surface area (Å²) >= 11 is -1.87. The van der Waals surface area contributed by atoms with Crippen molar-refractivity contribution in [3.05, 3.63) is 138 Å². The van der Waals surface area contributed by atoms with Gasteiger partial charge in [-0.3, -0.25) is 4.98 Å². The van der Waals surface area contributed by atoms with Crippen molar-refractivity contribution >= 4 is 50.8 Å². The minimum absolute atomic E-state index is 0. The molecule has 287 valence electrons. The first-order valence-electron chi connectivity index (χ1n) is 19.7. The fraction of sp³-hybridized carbons (Fsp3) is 0.286. The predicted molar refractivity (Wildman–Crippen MR) is 231 cm³/mol. The zero-order valence-electron chi connectivity index (χ0n) is 33.5. The number of benzene rings is 4. The number of nitrogens with zero attached hydrogens (tertiary/aromatic N) is 4. The summed E-state index contributed by atoms with van der Waals surface area (Å²) in [7, 11) is 0. The molecule has 1 radical (unpaired) electrons. The van der Waals surface area contributed by atoms with Crippen molar-refractivity contribution in [3.63, 3.8) is 0 Å². The molecule has 0 N–H and O–H groups in total. The molecule has 4 aromatic carbocycles. The summed E-state index contributed by atoms with van der Waals surface area (Å²) in [4.78, 5) is 14.4. The molecule has 8 aromatic rings. The molecule has 1 saturated carbocycles. The van der Waals surface area contributed by atoms with Gasteiger partial charge in [0.15, 0.2) is 0 Å². The number of imidazole rings is 1. The van der Waals surface area contributed by atoms with Crippen LogP contribution in [0.4, 0.5) is 0 Å². The first-order valence-corrected chi connectivity index (χ1v) is 27.0. The molecule has 4 aromatic heterocycles. The summed E-state index contributed by atoms with van der Waals surface area (Å²) in [5, 5.41) is 2.02. The molecule has 1 fully saturated rings. The van der Waals surface area contributed by atoms with Crippen LogP contribution in [-0.2, 0) is 31.9 Å². The molecular weight excluding hydrogens is 925 g/mol. The van der Waals surface area contributed by atoms with Crippen LogP contribution in [0.25, 0.3) is 61.4 Å². The topological polar surface area (TPSA) is 56.7 Å². The van der Waals surface area contributed by atoms with E-state index >= 15 is 0 Å². The van der Waals surface area contributed by atoms with Crippen LogP contribution in [0.5, 0.6) is 0 Å². The SMILES string of the molecule is Cc1ccc2c(n1)oc1c(-c3nc4ccccc4n3-c3ccc(C(C)(C)C)cc3)[c-]ccc12.[CH3][Ge]([CH3])([CH3])[c]1cnc(-c2[c-]cccc2)cc1CC1CCCC1.[Ir]. The van der Waals surface area contributed by atoms with Gasteiger partial charge in [0.25, 0.3) is 0 Å². The number of rotatable bonds is 6. The van der Waals surface area contributed by atoms with Crippen molar-refractivity contribution in [1.82, 2.24) is 19.5 Å². The molecule has 0 spiro atoms. The number of furan rings is 1. The Morgan fingerprint density at radius 3 is 2.29 bits per heavy atom. The number of para-hydroxylation sites is 2. The van der Waals surface area contributed by atoms with Crippen molar-refractivity contribution in [3.8, 4) is 28.3 Å². The van der Waals surface area contributed by atoms with Gasteiger partial charge < -0.3 is 8.98 Å². The number of aromatic nitrogens is 4. The molecule has 0 amide bonds. The summed E-state index contributed by atoms with van der Waals surface area (Å²) in [6.45, 7) is 8.66. The van der Waals surface area contributed by atoms with Gasteiger partial charge in [0.05, 0.1) is 22.4 Å². The van der Waals surface area contributed by atoms with E-state index in [9.17, 15) is 0 Å².